The quantitative estimate of drug-likeness (QED) is 0.625. The molecule has 0 fully saturated rings. The van der Waals surface area contributed by atoms with Crippen molar-refractivity contribution in [2.24, 2.45) is 0 Å². The second-order valence-corrected chi connectivity index (χ2v) is 2.98. The Morgan fingerprint density at radius 1 is 1.30 bits per heavy atom. The van der Waals surface area contributed by atoms with Crippen LogP contribution >= 0.6 is 22.6 Å². The number of nitrogens with one attached hydrogen (secondary N) is 1. The third-order valence-electron chi connectivity index (χ3n) is 1.04. The van der Waals surface area contributed by atoms with Crippen LogP contribution in [0.4, 0.5) is 5.69 Å². The summed E-state index contributed by atoms with van der Waals surface area (Å²) in [5, 5.41) is 2.43. The Labute approximate surface area is 72.8 Å². The Kier molecular flexibility index (Phi) is 2.68. The molecule has 10 heavy (non-hydrogen) atoms. The normalized spacial score (nSPS) is 8.90. The highest BCUT2D eigenvalue weighted by molar-refractivity contribution is 14.1. The zero-order valence-corrected chi connectivity index (χ0v) is 7.25. The number of hydrogen-bond donors (Lipinski definition) is 1. The first-order valence-corrected chi connectivity index (χ1v) is 3.79. The van der Waals surface area contributed by atoms with Gasteiger partial charge in [0.25, 0.3) is 0 Å². The van der Waals surface area contributed by atoms with Gasteiger partial charge in [0.2, 0.25) is 0 Å². The molecular formula is C7H5INO. The average molecular weight is 246 g/mol. The predicted molar refractivity (Wildman–Crippen MR) is 48.5 cm³/mol. The lowest BCUT2D eigenvalue weighted by Gasteiger charge is -1.94. The Morgan fingerprint density at radius 2 is 1.90 bits per heavy atom. The van der Waals surface area contributed by atoms with E-state index in [1.54, 1.807) is 6.41 Å². The number of carbonyl (C=O) groups excluding carboxylic acids is 1. The van der Waals surface area contributed by atoms with Gasteiger partial charge in [-0.2, -0.15) is 0 Å². The molecule has 0 unspecified atom stereocenters. The average Bonchev–Trinajstić information content (AvgIpc) is 1.95. The third kappa shape index (κ3) is 1.98. The van der Waals surface area contributed by atoms with Gasteiger partial charge >= 0.3 is 6.41 Å². The van der Waals surface area contributed by atoms with Crippen LogP contribution in [0.1, 0.15) is 0 Å². The fourth-order valence-corrected chi connectivity index (χ4v) is 0.952. The van der Waals surface area contributed by atoms with Crippen molar-refractivity contribution in [3.05, 3.63) is 27.8 Å². The van der Waals surface area contributed by atoms with Crippen LogP contribution in [0.15, 0.2) is 24.3 Å². The molecule has 0 spiro atoms. The zero-order chi connectivity index (χ0) is 7.40. The van der Waals surface area contributed by atoms with Gasteiger partial charge in [0.15, 0.2) is 0 Å². The Morgan fingerprint density at radius 3 is 2.40 bits per heavy atom. The summed E-state index contributed by atoms with van der Waals surface area (Å²) in [4.78, 5) is 9.82. The predicted octanol–water partition coefficient (Wildman–Crippen LogP) is 1.77. The minimum absolute atomic E-state index is 0.774. The Balaban J connectivity index is 2.78. The van der Waals surface area contributed by atoms with Crippen LogP contribution in [0.5, 0.6) is 0 Å². The summed E-state index contributed by atoms with van der Waals surface area (Å²) in [5.41, 5.74) is 0.774. The number of benzene rings is 1. The first-order chi connectivity index (χ1) is 4.83. The smallest absolute Gasteiger partial charge is 0.314 e. The molecule has 1 amide bonds. The molecule has 1 rings (SSSR count). The van der Waals surface area contributed by atoms with Crippen LogP contribution < -0.4 is 5.32 Å². The lowest BCUT2D eigenvalue weighted by Crippen LogP contribution is -1.92. The number of anilines is 1. The monoisotopic (exact) mass is 246 g/mol. The van der Waals surface area contributed by atoms with Crippen molar-refractivity contribution in [3.8, 4) is 0 Å². The van der Waals surface area contributed by atoms with Crippen molar-refractivity contribution in [2.45, 2.75) is 0 Å². The highest BCUT2D eigenvalue weighted by Gasteiger charge is 1.88. The number of halogens is 1. The first-order valence-electron chi connectivity index (χ1n) is 2.71. The zero-order valence-electron chi connectivity index (χ0n) is 5.10. The van der Waals surface area contributed by atoms with Crippen LogP contribution in [0.3, 0.4) is 0 Å². The summed E-state index contributed by atoms with van der Waals surface area (Å²) in [7, 11) is 0. The SMILES string of the molecule is O=[C]Nc1ccc(I)cc1. The molecule has 0 aromatic heterocycles. The Bertz CT molecular complexity index is 220. The van der Waals surface area contributed by atoms with Crippen LogP contribution in [-0.2, 0) is 4.79 Å². The van der Waals surface area contributed by atoms with Gasteiger partial charge < -0.3 is 5.32 Å². The lowest BCUT2D eigenvalue weighted by atomic mass is 10.3. The molecule has 0 bridgehead atoms. The van der Waals surface area contributed by atoms with E-state index in [4.69, 9.17) is 0 Å². The van der Waals surface area contributed by atoms with Crippen LogP contribution in [0.2, 0.25) is 0 Å². The van der Waals surface area contributed by atoms with Gasteiger partial charge in [-0.05, 0) is 46.9 Å². The van der Waals surface area contributed by atoms with Crippen LogP contribution in [0, 0.1) is 3.57 Å². The van der Waals surface area contributed by atoms with E-state index >= 15 is 0 Å². The molecule has 1 aromatic carbocycles. The molecule has 1 radical (unpaired) electrons. The number of amides is 1. The molecule has 2 nitrogen and oxygen atoms in total. The maximum atomic E-state index is 9.82. The molecule has 51 valence electrons. The maximum Gasteiger partial charge on any atom is 0.314 e. The molecule has 0 aliphatic carbocycles. The fraction of sp³-hybridized carbons (Fsp3) is 0. The molecular weight excluding hydrogens is 241 g/mol. The van der Waals surface area contributed by atoms with Crippen molar-refractivity contribution in [1.82, 2.24) is 0 Å². The highest BCUT2D eigenvalue weighted by atomic mass is 127. The first kappa shape index (κ1) is 7.53. The van der Waals surface area contributed by atoms with E-state index in [1.807, 2.05) is 24.3 Å². The summed E-state index contributed by atoms with van der Waals surface area (Å²) < 4.78 is 1.15. The molecule has 0 atom stereocenters. The van der Waals surface area contributed by atoms with Gasteiger partial charge in [-0.15, -0.1) is 0 Å². The van der Waals surface area contributed by atoms with Crippen molar-refractivity contribution >= 4 is 34.7 Å². The molecule has 1 aromatic rings. The molecule has 3 heteroatoms. The molecule has 0 saturated heterocycles. The standard InChI is InChI=1S/C7H5INO/c8-6-1-3-7(4-2-6)9-5-10/h1-4H,(H,9,10). The minimum atomic E-state index is 0.774. The second kappa shape index (κ2) is 3.55. The largest absolute Gasteiger partial charge is 0.318 e. The van der Waals surface area contributed by atoms with Crippen molar-refractivity contribution in [3.63, 3.8) is 0 Å². The van der Waals surface area contributed by atoms with E-state index in [1.165, 1.54) is 0 Å². The topological polar surface area (TPSA) is 29.1 Å². The van der Waals surface area contributed by atoms with Gasteiger partial charge in [-0.25, -0.2) is 0 Å². The summed E-state index contributed by atoms with van der Waals surface area (Å²) in [6.07, 6.45) is 1.60. The van der Waals surface area contributed by atoms with E-state index in [0.717, 1.165) is 9.26 Å². The molecule has 0 heterocycles. The molecule has 0 aliphatic rings. The van der Waals surface area contributed by atoms with E-state index in [0.29, 0.717) is 0 Å². The van der Waals surface area contributed by atoms with E-state index in [9.17, 15) is 4.79 Å². The summed E-state index contributed by atoms with van der Waals surface area (Å²) >= 11 is 2.20. The number of rotatable bonds is 2. The van der Waals surface area contributed by atoms with Gasteiger partial charge in [0.05, 0.1) is 0 Å². The molecule has 0 saturated carbocycles. The molecule has 0 aliphatic heterocycles. The summed E-state index contributed by atoms with van der Waals surface area (Å²) in [5.74, 6) is 0. The van der Waals surface area contributed by atoms with Crippen molar-refractivity contribution in [1.29, 1.82) is 0 Å². The van der Waals surface area contributed by atoms with Gasteiger partial charge in [-0.3, -0.25) is 4.79 Å². The fourth-order valence-electron chi connectivity index (χ4n) is 0.592. The van der Waals surface area contributed by atoms with E-state index in [-0.39, 0.29) is 0 Å². The van der Waals surface area contributed by atoms with Crippen molar-refractivity contribution < 1.29 is 4.79 Å². The van der Waals surface area contributed by atoms with E-state index < -0.39 is 0 Å². The van der Waals surface area contributed by atoms with Gasteiger partial charge in [0.1, 0.15) is 0 Å². The van der Waals surface area contributed by atoms with Crippen LogP contribution in [0.25, 0.3) is 0 Å². The second-order valence-electron chi connectivity index (χ2n) is 1.73. The summed E-state index contributed by atoms with van der Waals surface area (Å²) in [6, 6.07) is 7.49. The maximum absolute atomic E-state index is 9.82. The highest BCUT2D eigenvalue weighted by Crippen LogP contribution is 2.09. The Hall–Kier alpha value is -0.580. The van der Waals surface area contributed by atoms with Gasteiger partial charge in [-0.1, -0.05) is 0 Å². The van der Waals surface area contributed by atoms with E-state index in [2.05, 4.69) is 27.9 Å². The van der Waals surface area contributed by atoms with Crippen molar-refractivity contribution in [2.75, 3.05) is 5.32 Å². The molecule has 1 N–H and O–H groups in total. The third-order valence-corrected chi connectivity index (χ3v) is 1.76. The van der Waals surface area contributed by atoms with Gasteiger partial charge in [0, 0.05) is 9.26 Å². The summed E-state index contributed by atoms with van der Waals surface area (Å²) in [6.45, 7) is 0. The minimum Gasteiger partial charge on any atom is -0.318 e. The lowest BCUT2D eigenvalue weighted by molar-refractivity contribution is 0.561. The number of hydrogen-bond acceptors (Lipinski definition) is 1. The van der Waals surface area contributed by atoms with Crippen LogP contribution in [-0.4, -0.2) is 6.41 Å².